The maximum atomic E-state index is 13.9. The quantitative estimate of drug-likeness (QED) is 0.113. The van der Waals surface area contributed by atoms with Crippen LogP contribution in [-0.4, -0.2) is 62.0 Å². The molecule has 1 aliphatic heterocycles. The maximum absolute atomic E-state index is 13.9. The van der Waals surface area contributed by atoms with Gasteiger partial charge in [-0.2, -0.15) is 0 Å². The van der Waals surface area contributed by atoms with Crippen molar-refractivity contribution in [3.8, 4) is 5.75 Å². The largest absolute Gasteiger partial charge is 0.489 e. The highest BCUT2D eigenvalue weighted by Crippen LogP contribution is 2.41. The SMILES string of the molecule is CC(C(=O)NO)N1CCC(CC(=O)Nc2nc(CC(=O)OC(C)(C)C)cs2)(c2ccc(OCc3cc(Cl)nc(Cl)c3)cc2)C1=O. The van der Waals surface area contributed by atoms with Crippen LogP contribution in [0.4, 0.5) is 5.13 Å². The van der Waals surface area contributed by atoms with Crippen molar-refractivity contribution >= 4 is 63.4 Å². The molecule has 4 rings (SSSR count). The number of carbonyl (C=O) groups is 4. The van der Waals surface area contributed by atoms with E-state index in [1.54, 1.807) is 68.0 Å². The molecule has 3 aromatic rings. The van der Waals surface area contributed by atoms with Gasteiger partial charge in [0.15, 0.2) is 5.13 Å². The highest BCUT2D eigenvalue weighted by molar-refractivity contribution is 7.13. The summed E-state index contributed by atoms with van der Waals surface area (Å²) in [6, 6.07) is 9.07. The highest BCUT2D eigenvalue weighted by Gasteiger charge is 2.51. The number of likely N-dealkylation sites (tertiary alicyclic amines) is 1. The van der Waals surface area contributed by atoms with E-state index in [0.717, 1.165) is 11.3 Å². The van der Waals surface area contributed by atoms with Crippen LogP contribution in [-0.2, 0) is 42.4 Å². The number of nitrogens with zero attached hydrogens (tertiary/aromatic N) is 3. The van der Waals surface area contributed by atoms with Gasteiger partial charge in [-0.05, 0) is 69.5 Å². The Kier molecular flexibility index (Phi) is 10.7. The number of pyridine rings is 1. The van der Waals surface area contributed by atoms with Gasteiger partial charge in [0, 0.05) is 18.3 Å². The summed E-state index contributed by atoms with van der Waals surface area (Å²) < 4.78 is 11.2. The molecule has 12 nitrogen and oxygen atoms in total. The van der Waals surface area contributed by atoms with Crippen LogP contribution in [0.2, 0.25) is 10.3 Å². The van der Waals surface area contributed by atoms with Crippen LogP contribution in [0.25, 0.3) is 0 Å². The Morgan fingerprint density at radius 3 is 2.42 bits per heavy atom. The van der Waals surface area contributed by atoms with Gasteiger partial charge >= 0.3 is 5.97 Å². The maximum Gasteiger partial charge on any atom is 0.312 e. The second-order valence-corrected chi connectivity index (χ2v) is 13.2. The summed E-state index contributed by atoms with van der Waals surface area (Å²) in [4.78, 5) is 61.3. The lowest BCUT2D eigenvalue weighted by Crippen LogP contribution is -2.48. The first-order chi connectivity index (χ1) is 21.2. The van der Waals surface area contributed by atoms with Crippen LogP contribution in [0.5, 0.6) is 5.75 Å². The average Bonchev–Trinajstić information content (AvgIpc) is 3.53. The third-order valence-corrected chi connectivity index (χ3v) is 8.24. The highest BCUT2D eigenvalue weighted by atomic mass is 35.5. The molecule has 1 aliphatic rings. The van der Waals surface area contributed by atoms with Crippen molar-refractivity contribution in [1.29, 1.82) is 0 Å². The van der Waals surface area contributed by atoms with Crippen molar-refractivity contribution in [2.75, 3.05) is 11.9 Å². The minimum atomic E-state index is -1.31. The smallest absolute Gasteiger partial charge is 0.312 e. The Labute approximate surface area is 274 Å². The predicted octanol–water partition coefficient (Wildman–Crippen LogP) is 4.70. The van der Waals surface area contributed by atoms with Crippen LogP contribution >= 0.6 is 34.5 Å². The van der Waals surface area contributed by atoms with Crippen LogP contribution in [0.15, 0.2) is 41.8 Å². The normalized spacial score (nSPS) is 17.1. The van der Waals surface area contributed by atoms with E-state index < -0.39 is 40.7 Å². The standard InChI is InChI=1S/C30H33Cl2N5O7S/c1-17(26(40)36-42)37-10-9-30(27(37)41,14-24(38)35-28-33-20(16-45-28)13-25(39)44-29(2,3)4)19-5-7-21(8-6-19)43-15-18-11-22(31)34-23(32)12-18/h5-8,11-12,16-17,42H,9-10,13-15H2,1-4H3,(H,36,40)(H,33,35,38). The Balaban J connectivity index is 1.52. The number of thiazole rings is 1. The Bertz CT molecular complexity index is 1560. The fraction of sp³-hybridized carbons (Fsp3) is 0.400. The number of ether oxygens (including phenoxy) is 2. The zero-order valence-corrected chi connectivity index (χ0v) is 27.4. The lowest BCUT2D eigenvalue weighted by molar-refractivity contribution is -0.154. The summed E-state index contributed by atoms with van der Waals surface area (Å²) in [5, 5.41) is 14.3. The molecule has 45 heavy (non-hydrogen) atoms. The van der Waals surface area contributed by atoms with Gasteiger partial charge in [0.2, 0.25) is 11.8 Å². The fourth-order valence-electron chi connectivity index (χ4n) is 4.98. The monoisotopic (exact) mass is 677 g/mol. The summed E-state index contributed by atoms with van der Waals surface area (Å²) in [5.74, 6) is -1.60. The van der Waals surface area contributed by atoms with Gasteiger partial charge in [-0.1, -0.05) is 35.3 Å². The number of carbonyl (C=O) groups excluding carboxylic acids is 4. The first-order valence-electron chi connectivity index (χ1n) is 14.0. The van der Waals surface area contributed by atoms with Gasteiger partial charge in [0.05, 0.1) is 17.5 Å². The topological polar surface area (TPSA) is 160 Å². The molecule has 1 saturated heterocycles. The first-order valence-corrected chi connectivity index (χ1v) is 15.6. The van der Waals surface area contributed by atoms with Crippen LogP contribution in [0.1, 0.15) is 57.4 Å². The molecule has 240 valence electrons. The van der Waals surface area contributed by atoms with E-state index in [1.807, 2.05) is 0 Å². The van der Waals surface area contributed by atoms with Gasteiger partial charge in [-0.3, -0.25) is 24.4 Å². The van der Waals surface area contributed by atoms with Crippen LogP contribution < -0.4 is 15.5 Å². The minimum absolute atomic E-state index is 0.0541. The van der Waals surface area contributed by atoms with Crippen molar-refractivity contribution < 1.29 is 33.9 Å². The molecule has 3 amide bonds. The predicted molar refractivity (Wildman–Crippen MR) is 167 cm³/mol. The van der Waals surface area contributed by atoms with Crippen molar-refractivity contribution in [2.24, 2.45) is 0 Å². The zero-order chi connectivity index (χ0) is 32.9. The van der Waals surface area contributed by atoms with Gasteiger partial charge in [-0.25, -0.2) is 15.4 Å². The number of benzene rings is 1. The second-order valence-electron chi connectivity index (χ2n) is 11.5. The lowest BCUT2D eigenvalue weighted by atomic mass is 9.76. The summed E-state index contributed by atoms with van der Waals surface area (Å²) in [5.41, 5.74) is 1.34. The minimum Gasteiger partial charge on any atom is -0.489 e. The molecule has 1 aromatic carbocycles. The lowest BCUT2D eigenvalue weighted by Gasteiger charge is -2.30. The van der Waals surface area contributed by atoms with Gasteiger partial charge < -0.3 is 19.7 Å². The molecule has 0 spiro atoms. The molecule has 0 radical (unpaired) electrons. The fourth-order valence-corrected chi connectivity index (χ4v) is 6.21. The number of amides is 3. The number of esters is 1. The van der Waals surface area contributed by atoms with Gasteiger partial charge in [0.1, 0.15) is 34.3 Å². The molecule has 2 unspecified atom stereocenters. The number of halogens is 2. The number of rotatable bonds is 11. The van der Waals surface area contributed by atoms with Gasteiger partial charge in [-0.15, -0.1) is 11.3 Å². The van der Waals surface area contributed by atoms with Crippen LogP contribution in [0.3, 0.4) is 0 Å². The van der Waals surface area contributed by atoms with Gasteiger partial charge in [0.25, 0.3) is 5.91 Å². The molecule has 2 aromatic heterocycles. The summed E-state index contributed by atoms with van der Waals surface area (Å²) >= 11 is 13.1. The number of hydrogen-bond acceptors (Lipinski definition) is 10. The van der Waals surface area contributed by atoms with E-state index in [0.29, 0.717) is 22.6 Å². The molecule has 1 fully saturated rings. The summed E-state index contributed by atoms with van der Waals surface area (Å²) in [7, 11) is 0. The number of hydroxylamine groups is 1. The molecule has 0 saturated carbocycles. The molecular formula is C30H33Cl2N5O7S. The second kappa shape index (κ2) is 14.1. The number of anilines is 1. The van der Waals surface area contributed by atoms with Crippen molar-refractivity contribution in [1.82, 2.24) is 20.3 Å². The average molecular weight is 679 g/mol. The summed E-state index contributed by atoms with van der Waals surface area (Å²) in [6.45, 7) is 7.15. The number of hydrogen-bond donors (Lipinski definition) is 3. The van der Waals surface area contributed by atoms with Crippen LogP contribution in [0, 0.1) is 0 Å². The number of nitrogens with one attached hydrogen (secondary N) is 2. The summed E-state index contributed by atoms with van der Waals surface area (Å²) in [6.07, 6.45) is -0.0647. The Hall–Kier alpha value is -3.78. The molecule has 3 heterocycles. The van der Waals surface area contributed by atoms with E-state index in [1.165, 1.54) is 11.8 Å². The molecule has 0 bridgehead atoms. The van der Waals surface area contributed by atoms with Crippen molar-refractivity contribution in [2.45, 2.75) is 70.6 Å². The molecule has 0 aliphatic carbocycles. The third-order valence-electron chi connectivity index (χ3n) is 7.05. The molecule has 2 atom stereocenters. The Morgan fingerprint density at radius 2 is 1.80 bits per heavy atom. The molecular weight excluding hydrogens is 645 g/mol. The van der Waals surface area contributed by atoms with E-state index in [2.05, 4.69) is 15.3 Å². The third kappa shape index (κ3) is 8.69. The Morgan fingerprint density at radius 1 is 1.13 bits per heavy atom. The van der Waals surface area contributed by atoms with E-state index in [4.69, 9.17) is 37.9 Å². The first kappa shape index (κ1) is 34.1. The van der Waals surface area contributed by atoms with Crippen molar-refractivity contribution in [3.05, 3.63) is 68.9 Å². The molecule has 3 N–H and O–H groups in total. The molecule has 15 heteroatoms. The van der Waals surface area contributed by atoms with Crippen molar-refractivity contribution in [3.63, 3.8) is 0 Å². The zero-order valence-electron chi connectivity index (χ0n) is 25.1. The number of aromatic nitrogens is 2. The van der Waals surface area contributed by atoms with E-state index >= 15 is 0 Å². The van der Waals surface area contributed by atoms with E-state index in [9.17, 15) is 19.2 Å². The van der Waals surface area contributed by atoms with E-state index in [-0.39, 0.29) is 47.9 Å².